The number of hydrogen-bond acceptors (Lipinski definition) is 3. The molecule has 1 aliphatic carbocycles. The second kappa shape index (κ2) is 12.7. The molecule has 0 aromatic rings. The van der Waals surface area contributed by atoms with E-state index in [0.717, 1.165) is 30.6 Å². The lowest BCUT2D eigenvalue weighted by Gasteiger charge is -2.17. The zero-order valence-corrected chi connectivity index (χ0v) is 16.4. The maximum absolute atomic E-state index is 9.33. The van der Waals surface area contributed by atoms with Crippen molar-refractivity contribution in [3.05, 3.63) is 24.3 Å². The number of aliphatic hydroxyl groups excluding tert-OH is 1. The fraction of sp³-hybridized carbons (Fsp3) is 0.818. The summed E-state index contributed by atoms with van der Waals surface area (Å²) in [6.07, 6.45) is 21.4. The molecule has 3 atom stereocenters. The summed E-state index contributed by atoms with van der Waals surface area (Å²) in [6.45, 7) is 4.03. The summed E-state index contributed by atoms with van der Waals surface area (Å²) in [6, 6.07) is 0. The van der Waals surface area contributed by atoms with Crippen molar-refractivity contribution < 1.29 is 15.3 Å². The first-order valence-corrected chi connectivity index (χ1v) is 10.4. The van der Waals surface area contributed by atoms with Crippen molar-refractivity contribution in [2.45, 2.75) is 90.3 Å². The van der Waals surface area contributed by atoms with E-state index >= 15 is 0 Å². The van der Waals surface area contributed by atoms with Crippen LogP contribution < -0.4 is 0 Å². The third kappa shape index (κ3) is 10.2. The van der Waals surface area contributed by atoms with Gasteiger partial charge in [-0.05, 0) is 56.3 Å². The average molecular weight is 353 g/mol. The molecule has 0 radical (unpaired) electrons. The average Bonchev–Trinajstić information content (AvgIpc) is 3.03. The first-order valence-electron chi connectivity index (χ1n) is 10.4. The minimum atomic E-state index is -1.91. The van der Waals surface area contributed by atoms with E-state index < -0.39 is 12.4 Å². The molecule has 0 saturated heterocycles. The van der Waals surface area contributed by atoms with Crippen molar-refractivity contribution in [2.75, 3.05) is 6.61 Å². The van der Waals surface area contributed by atoms with Gasteiger partial charge in [-0.15, -0.1) is 0 Å². The van der Waals surface area contributed by atoms with Crippen LogP contribution >= 0.6 is 0 Å². The second-order valence-electron chi connectivity index (χ2n) is 8.01. The Labute approximate surface area is 154 Å². The molecule has 1 unspecified atom stereocenters. The zero-order chi connectivity index (χ0) is 18.5. The number of rotatable bonds is 13. The Kier molecular flexibility index (Phi) is 11.4. The van der Waals surface area contributed by atoms with Crippen molar-refractivity contribution in [2.24, 2.45) is 17.8 Å². The molecule has 1 rings (SSSR count). The Hall–Kier alpha value is -0.640. The lowest BCUT2D eigenvalue weighted by atomic mass is 9.91. The Morgan fingerprint density at radius 3 is 2.64 bits per heavy atom. The summed E-state index contributed by atoms with van der Waals surface area (Å²) in [5.41, 5.74) is 0. The van der Waals surface area contributed by atoms with E-state index in [0.29, 0.717) is 6.42 Å². The third-order valence-electron chi connectivity index (χ3n) is 5.50. The summed E-state index contributed by atoms with van der Waals surface area (Å²) < 4.78 is 0. The van der Waals surface area contributed by atoms with Gasteiger partial charge in [0.15, 0.2) is 5.79 Å². The van der Waals surface area contributed by atoms with Crippen LogP contribution in [0.4, 0.5) is 0 Å². The molecule has 0 spiro atoms. The normalized spacial score (nSPS) is 23.1. The second-order valence-corrected chi connectivity index (χ2v) is 8.01. The monoisotopic (exact) mass is 352 g/mol. The molecule has 3 nitrogen and oxygen atoms in total. The van der Waals surface area contributed by atoms with Crippen LogP contribution in [0.25, 0.3) is 0 Å². The molecule has 146 valence electrons. The number of unbranched alkanes of at least 4 members (excludes halogenated alkanes) is 2. The standard InChI is InChI=1S/C22H40O3/c1-3-4-11-19(2)12-9-14-21-16-10-15-20(21)13-7-5-6-8-17-22(24,25)18-23/h5,7,9,14,19-21,23-25H,3-4,6,8,10-13,15-18H2,1-2H3/b7-5-,14-9+/t19?,20-,21-/m0/s1. The minimum absolute atomic E-state index is 0.221. The van der Waals surface area contributed by atoms with Gasteiger partial charge in [0.25, 0.3) is 0 Å². The smallest absolute Gasteiger partial charge is 0.186 e. The van der Waals surface area contributed by atoms with Crippen molar-refractivity contribution in [3.63, 3.8) is 0 Å². The first-order chi connectivity index (χ1) is 12.0. The van der Waals surface area contributed by atoms with Crippen LogP contribution in [0, 0.1) is 17.8 Å². The van der Waals surface area contributed by atoms with Gasteiger partial charge in [-0.2, -0.15) is 0 Å². The first kappa shape index (κ1) is 22.4. The number of aliphatic hydroxyl groups is 3. The molecule has 0 aromatic heterocycles. The molecule has 3 N–H and O–H groups in total. The van der Waals surface area contributed by atoms with E-state index in [9.17, 15) is 10.2 Å². The highest BCUT2D eigenvalue weighted by Crippen LogP contribution is 2.35. The van der Waals surface area contributed by atoms with Crippen LogP contribution in [-0.2, 0) is 0 Å². The summed E-state index contributed by atoms with van der Waals surface area (Å²) in [7, 11) is 0. The predicted octanol–water partition coefficient (Wildman–Crippen LogP) is 4.97. The van der Waals surface area contributed by atoms with Gasteiger partial charge in [0, 0.05) is 6.42 Å². The van der Waals surface area contributed by atoms with Crippen LogP contribution in [0.1, 0.15) is 84.5 Å². The number of hydrogen-bond donors (Lipinski definition) is 3. The topological polar surface area (TPSA) is 60.7 Å². The maximum atomic E-state index is 9.33. The zero-order valence-electron chi connectivity index (χ0n) is 16.4. The van der Waals surface area contributed by atoms with Gasteiger partial charge in [0.05, 0.1) is 6.61 Å². The fourth-order valence-electron chi connectivity index (χ4n) is 3.74. The Morgan fingerprint density at radius 2 is 1.92 bits per heavy atom. The van der Waals surface area contributed by atoms with Crippen LogP contribution in [0.5, 0.6) is 0 Å². The molecule has 0 heterocycles. The van der Waals surface area contributed by atoms with Crippen LogP contribution in [-0.4, -0.2) is 27.7 Å². The predicted molar refractivity (Wildman–Crippen MR) is 105 cm³/mol. The number of allylic oxidation sites excluding steroid dienone is 4. The van der Waals surface area contributed by atoms with E-state index in [4.69, 9.17) is 5.11 Å². The quantitative estimate of drug-likeness (QED) is 0.249. The maximum Gasteiger partial charge on any atom is 0.186 e. The lowest BCUT2D eigenvalue weighted by Crippen LogP contribution is -2.32. The molecule has 1 fully saturated rings. The van der Waals surface area contributed by atoms with Gasteiger partial charge in [-0.1, -0.05) is 63.8 Å². The van der Waals surface area contributed by atoms with Crippen LogP contribution in [0.2, 0.25) is 0 Å². The highest BCUT2D eigenvalue weighted by Gasteiger charge is 2.24. The molecule has 25 heavy (non-hydrogen) atoms. The molecule has 0 bridgehead atoms. The fourth-order valence-corrected chi connectivity index (χ4v) is 3.74. The van der Waals surface area contributed by atoms with Gasteiger partial charge in [-0.3, -0.25) is 0 Å². The molecular formula is C22H40O3. The SMILES string of the molecule is CCCCC(C)C/C=C/[C@H]1CCC[C@@H]1C/C=C\CCCC(O)(O)CO. The van der Waals surface area contributed by atoms with Gasteiger partial charge >= 0.3 is 0 Å². The van der Waals surface area contributed by atoms with E-state index in [1.54, 1.807) is 0 Å². The van der Waals surface area contributed by atoms with Crippen LogP contribution in [0.3, 0.4) is 0 Å². The molecule has 3 heteroatoms. The lowest BCUT2D eigenvalue weighted by molar-refractivity contribution is -0.191. The van der Waals surface area contributed by atoms with Gasteiger partial charge < -0.3 is 15.3 Å². The van der Waals surface area contributed by atoms with E-state index in [1.807, 2.05) is 0 Å². The highest BCUT2D eigenvalue weighted by atomic mass is 16.5. The molecule has 1 aliphatic rings. The summed E-state index contributed by atoms with van der Waals surface area (Å²) in [5.74, 6) is 0.398. The van der Waals surface area contributed by atoms with Crippen molar-refractivity contribution in [1.82, 2.24) is 0 Å². The van der Waals surface area contributed by atoms with Crippen molar-refractivity contribution in [3.8, 4) is 0 Å². The third-order valence-corrected chi connectivity index (χ3v) is 5.50. The van der Waals surface area contributed by atoms with Gasteiger partial charge in [0.1, 0.15) is 0 Å². The Bertz CT molecular complexity index is 387. The largest absolute Gasteiger partial charge is 0.391 e. The highest BCUT2D eigenvalue weighted by molar-refractivity contribution is 4.98. The van der Waals surface area contributed by atoms with Gasteiger partial charge in [-0.25, -0.2) is 0 Å². The molecular weight excluding hydrogens is 312 g/mol. The summed E-state index contributed by atoms with van der Waals surface area (Å²) >= 11 is 0. The van der Waals surface area contributed by atoms with E-state index in [1.165, 1.54) is 44.9 Å². The van der Waals surface area contributed by atoms with Gasteiger partial charge in [0.2, 0.25) is 0 Å². The summed E-state index contributed by atoms with van der Waals surface area (Å²) in [4.78, 5) is 0. The van der Waals surface area contributed by atoms with Crippen LogP contribution in [0.15, 0.2) is 24.3 Å². The Balaban J connectivity index is 2.23. The van der Waals surface area contributed by atoms with Crippen molar-refractivity contribution in [1.29, 1.82) is 0 Å². The molecule has 0 amide bonds. The minimum Gasteiger partial charge on any atom is -0.391 e. The van der Waals surface area contributed by atoms with E-state index in [2.05, 4.69) is 38.2 Å². The van der Waals surface area contributed by atoms with Crippen molar-refractivity contribution >= 4 is 0 Å². The molecule has 0 aliphatic heterocycles. The molecule has 1 saturated carbocycles. The summed E-state index contributed by atoms with van der Waals surface area (Å²) in [5, 5.41) is 27.5. The molecule has 0 aromatic carbocycles. The van der Waals surface area contributed by atoms with E-state index in [-0.39, 0.29) is 6.42 Å². The Morgan fingerprint density at radius 1 is 1.12 bits per heavy atom.